The molecule has 1 fully saturated rings. The average molecular weight is 308 g/mol. The SMILES string of the molecule is O=CN1Cc2cc(Br)ccc2C2(CCCCC2)C1. The molecule has 96 valence electrons. The first kappa shape index (κ1) is 12.2. The van der Waals surface area contributed by atoms with Crippen LogP contribution in [0.1, 0.15) is 43.2 Å². The van der Waals surface area contributed by atoms with Crippen molar-refractivity contribution in [2.75, 3.05) is 6.54 Å². The van der Waals surface area contributed by atoms with Crippen LogP contribution < -0.4 is 0 Å². The fourth-order valence-electron chi connectivity index (χ4n) is 3.69. The summed E-state index contributed by atoms with van der Waals surface area (Å²) in [6, 6.07) is 6.60. The third-order valence-corrected chi connectivity index (χ3v) is 4.97. The highest BCUT2D eigenvalue weighted by atomic mass is 79.9. The monoisotopic (exact) mass is 307 g/mol. The van der Waals surface area contributed by atoms with Crippen LogP contribution in [0.25, 0.3) is 0 Å². The summed E-state index contributed by atoms with van der Waals surface area (Å²) < 4.78 is 1.11. The number of halogens is 1. The fourth-order valence-corrected chi connectivity index (χ4v) is 4.10. The summed E-state index contributed by atoms with van der Waals surface area (Å²) in [7, 11) is 0. The second-order valence-corrected chi connectivity index (χ2v) is 6.57. The van der Waals surface area contributed by atoms with Crippen LogP contribution in [0.4, 0.5) is 0 Å². The first-order chi connectivity index (χ1) is 8.73. The Morgan fingerprint density at radius 3 is 2.72 bits per heavy atom. The first-order valence-electron chi connectivity index (χ1n) is 6.72. The van der Waals surface area contributed by atoms with E-state index in [1.54, 1.807) is 0 Å². The summed E-state index contributed by atoms with van der Waals surface area (Å²) in [6.07, 6.45) is 7.40. The molecule has 0 radical (unpaired) electrons. The summed E-state index contributed by atoms with van der Waals surface area (Å²) in [5, 5.41) is 0. The third kappa shape index (κ3) is 1.99. The predicted molar refractivity (Wildman–Crippen MR) is 75.4 cm³/mol. The molecular formula is C15H18BrNO. The van der Waals surface area contributed by atoms with Crippen molar-refractivity contribution in [2.24, 2.45) is 0 Å². The molecule has 2 aliphatic rings. The van der Waals surface area contributed by atoms with Crippen LogP contribution in [0.15, 0.2) is 22.7 Å². The maximum Gasteiger partial charge on any atom is 0.210 e. The van der Waals surface area contributed by atoms with Crippen LogP contribution in [0.5, 0.6) is 0 Å². The fraction of sp³-hybridized carbons (Fsp3) is 0.533. The summed E-state index contributed by atoms with van der Waals surface area (Å²) in [6.45, 7) is 1.67. The number of nitrogens with zero attached hydrogens (tertiary/aromatic N) is 1. The molecule has 3 heteroatoms. The van der Waals surface area contributed by atoms with E-state index in [1.165, 1.54) is 43.2 Å². The Kier molecular flexibility index (Phi) is 3.18. The quantitative estimate of drug-likeness (QED) is 0.726. The van der Waals surface area contributed by atoms with Crippen molar-refractivity contribution in [3.63, 3.8) is 0 Å². The molecule has 1 saturated carbocycles. The Morgan fingerprint density at radius 1 is 1.22 bits per heavy atom. The largest absolute Gasteiger partial charge is 0.340 e. The zero-order valence-corrected chi connectivity index (χ0v) is 12.1. The van der Waals surface area contributed by atoms with Crippen LogP contribution in [0, 0.1) is 0 Å². The van der Waals surface area contributed by atoms with E-state index in [1.807, 2.05) is 4.90 Å². The molecule has 0 aromatic heterocycles. The van der Waals surface area contributed by atoms with Gasteiger partial charge in [-0.3, -0.25) is 4.79 Å². The Hall–Kier alpha value is -0.830. The number of carbonyl (C=O) groups excluding carboxylic acids is 1. The molecule has 1 aromatic carbocycles. The maximum atomic E-state index is 11.2. The minimum Gasteiger partial charge on any atom is -0.340 e. The minimum atomic E-state index is 0.230. The highest BCUT2D eigenvalue weighted by Crippen LogP contribution is 2.44. The van der Waals surface area contributed by atoms with Gasteiger partial charge < -0.3 is 4.90 Å². The van der Waals surface area contributed by atoms with Crippen molar-refractivity contribution in [1.82, 2.24) is 4.90 Å². The molecule has 0 bridgehead atoms. The second-order valence-electron chi connectivity index (χ2n) is 5.65. The molecule has 3 rings (SSSR count). The summed E-state index contributed by atoms with van der Waals surface area (Å²) in [5.74, 6) is 0. The Balaban J connectivity index is 2.07. The summed E-state index contributed by atoms with van der Waals surface area (Å²) in [5.41, 5.74) is 3.04. The van der Waals surface area contributed by atoms with E-state index < -0.39 is 0 Å². The highest BCUT2D eigenvalue weighted by molar-refractivity contribution is 9.10. The van der Waals surface area contributed by atoms with Gasteiger partial charge >= 0.3 is 0 Å². The molecule has 1 heterocycles. The predicted octanol–water partition coefficient (Wildman–Crippen LogP) is 3.62. The smallest absolute Gasteiger partial charge is 0.210 e. The van der Waals surface area contributed by atoms with Gasteiger partial charge in [-0.05, 0) is 36.1 Å². The van der Waals surface area contributed by atoms with Crippen LogP contribution in [-0.2, 0) is 16.8 Å². The zero-order valence-electron chi connectivity index (χ0n) is 10.5. The van der Waals surface area contributed by atoms with Gasteiger partial charge in [-0.2, -0.15) is 0 Å². The normalized spacial score (nSPS) is 21.7. The van der Waals surface area contributed by atoms with Crippen molar-refractivity contribution in [3.05, 3.63) is 33.8 Å². The minimum absolute atomic E-state index is 0.230. The van der Waals surface area contributed by atoms with Crippen LogP contribution in [-0.4, -0.2) is 17.9 Å². The van der Waals surface area contributed by atoms with Gasteiger partial charge in [0.15, 0.2) is 0 Å². The number of fused-ring (bicyclic) bond motifs is 2. The number of carbonyl (C=O) groups is 1. The Bertz CT molecular complexity index is 466. The molecule has 0 unspecified atom stereocenters. The van der Waals surface area contributed by atoms with Crippen molar-refractivity contribution in [1.29, 1.82) is 0 Å². The lowest BCUT2D eigenvalue weighted by atomic mass is 9.66. The van der Waals surface area contributed by atoms with Crippen molar-refractivity contribution < 1.29 is 4.79 Å². The van der Waals surface area contributed by atoms with Gasteiger partial charge in [0, 0.05) is 23.0 Å². The number of benzene rings is 1. The van der Waals surface area contributed by atoms with E-state index in [9.17, 15) is 4.79 Å². The van der Waals surface area contributed by atoms with E-state index in [0.29, 0.717) is 0 Å². The Labute approximate surface area is 116 Å². The van der Waals surface area contributed by atoms with Gasteiger partial charge in [-0.25, -0.2) is 0 Å². The van der Waals surface area contributed by atoms with Gasteiger partial charge in [0.05, 0.1) is 0 Å². The van der Waals surface area contributed by atoms with E-state index in [-0.39, 0.29) is 5.41 Å². The molecule has 18 heavy (non-hydrogen) atoms. The van der Waals surface area contributed by atoms with Crippen molar-refractivity contribution >= 4 is 22.3 Å². The lowest BCUT2D eigenvalue weighted by molar-refractivity contribution is -0.120. The lowest BCUT2D eigenvalue weighted by Crippen LogP contribution is -2.46. The lowest BCUT2D eigenvalue weighted by Gasteiger charge is -2.45. The van der Waals surface area contributed by atoms with E-state index >= 15 is 0 Å². The maximum absolute atomic E-state index is 11.2. The van der Waals surface area contributed by atoms with Gasteiger partial charge in [0.2, 0.25) is 6.41 Å². The molecule has 1 spiro atoms. The van der Waals surface area contributed by atoms with Crippen molar-refractivity contribution in [3.8, 4) is 0 Å². The molecule has 0 saturated heterocycles. The number of rotatable bonds is 1. The van der Waals surface area contributed by atoms with Gasteiger partial charge in [-0.15, -0.1) is 0 Å². The molecule has 1 amide bonds. The molecule has 0 atom stereocenters. The zero-order chi connectivity index (χ0) is 12.6. The summed E-state index contributed by atoms with van der Waals surface area (Å²) >= 11 is 3.54. The van der Waals surface area contributed by atoms with Crippen molar-refractivity contribution in [2.45, 2.75) is 44.1 Å². The molecule has 1 aromatic rings. The molecule has 1 aliphatic heterocycles. The number of hydrogen-bond acceptors (Lipinski definition) is 1. The Morgan fingerprint density at radius 2 is 2.00 bits per heavy atom. The first-order valence-corrected chi connectivity index (χ1v) is 7.51. The standard InChI is InChI=1S/C15H18BrNO/c16-13-4-5-14-12(8-13)9-17(11-18)10-15(14)6-2-1-3-7-15/h4-5,8,11H,1-3,6-7,9-10H2. The third-order valence-electron chi connectivity index (χ3n) is 4.48. The summed E-state index contributed by atoms with van der Waals surface area (Å²) in [4.78, 5) is 13.1. The van der Waals surface area contributed by atoms with Gasteiger partial charge in [0.25, 0.3) is 0 Å². The number of amides is 1. The molecule has 0 N–H and O–H groups in total. The molecule has 2 nitrogen and oxygen atoms in total. The van der Waals surface area contributed by atoms with Crippen LogP contribution in [0.2, 0.25) is 0 Å². The molecular weight excluding hydrogens is 290 g/mol. The topological polar surface area (TPSA) is 20.3 Å². The van der Waals surface area contributed by atoms with Crippen LogP contribution >= 0.6 is 15.9 Å². The number of hydrogen-bond donors (Lipinski definition) is 0. The van der Waals surface area contributed by atoms with E-state index in [0.717, 1.165) is 24.0 Å². The second kappa shape index (κ2) is 4.69. The van der Waals surface area contributed by atoms with Gasteiger partial charge in [0.1, 0.15) is 0 Å². The highest BCUT2D eigenvalue weighted by Gasteiger charge is 2.40. The average Bonchev–Trinajstić information content (AvgIpc) is 2.39. The molecule has 1 aliphatic carbocycles. The van der Waals surface area contributed by atoms with Crippen LogP contribution in [0.3, 0.4) is 0 Å². The van der Waals surface area contributed by atoms with E-state index in [2.05, 4.69) is 34.1 Å². The van der Waals surface area contributed by atoms with E-state index in [4.69, 9.17) is 0 Å². The van der Waals surface area contributed by atoms with Gasteiger partial charge in [-0.1, -0.05) is 41.3 Å².